The van der Waals surface area contributed by atoms with Crippen molar-refractivity contribution in [3.05, 3.63) is 80.7 Å². The number of morpholine rings is 1. The molecule has 1 atom stereocenters. The SMILES string of the molecule is COc1ccc(C(=O)O[C@@H](Cc2c(Cl)c[n+]([O-])cc2Cl)c2ccc(OC(F)F)c(OCC3CC3)c2)cc1S(=O)(=O)NCCN1CCOCC1. The average Bonchev–Trinajstić information content (AvgIpc) is 3.90. The monoisotopic (exact) mass is 745 g/mol. The van der Waals surface area contributed by atoms with Crippen LogP contribution in [0.1, 0.15) is 40.4 Å². The van der Waals surface area contributed by atoms with Crippen molar-refractivity contribution in [3.8, 4) is 17.2 Å². The number of carbonyl (C=O) groups excluding carboxylic acids is 1. The van der Waals surface area contributed by atoms with E-state index in [1.54, 1.807) is 0 Å². The molecule has 0 amide bonds. The lowest BCUT2D eigenvalue weighted by Crippen LogP contribution is -2.41. The summed E-state index contributed by atoms with van der Waals surface area (Å²) in [7, 11) is -2.83. The number of sulfonamides is 1. The standard InChI is InChI=1S/C32H35Cl2F2N3O9S/c1-44-27-7-5-22(15-30(27)49(42,43)37-8-9-38-10-12-45-13-11-38)31(40)47-28(16-23-24(33)17-39(41)18-25(23)34)21-4-6-26(48-32(35)36)29(14-21)46-19-20-2-3-20/h4-7,14-15,17-18,20,28,32,37H,2-3,8-13,16,19H2,1H3/t28-/m0/s1. The molecule has 2 aliphatic rings. The van der Waals surface area contributed by atoms with Gasteiger partial charge in [-0.3, -0.25) is 4.90 Å². The first-order chi connectivity index (χ1) is 23.4. The minimum absolute atomic E-state index is 0.00705. The summed E-state index contributed by atoms with van der Waals surface area (Å²) in [6.45, 7) is 0.221. The van der Waals surface area contributed by atoms with Gasteiger partial charge < -0.3 is 28.9 Å². The van der Waals surface area contributed by atoms with Gasteiger partial charge in [0.2, 0.25) is 10.0 Å². The second-order valence-corrected chi connectivity index (χ2v) is 14.0. The summed E-state index contributed by atoms with van der Waals surface area (Å²) in [5.41, 5.74) is 0.451. The summed E-state index contributed by atoms with van der Waals surface area (Å²) >= 11 is 12.7. The molecular formula is C32H35Cl2F2N3O9S. The van der Waals surface area contributed by atoms with Crippen LogP contribution in [0.2, 0.25) is 10.0 Å². The Bertz CT molecular complexity index is 1720. The van der Waals surface area contributed by atoms with Gasteiger partial charge in [-0.2, -0.15) is 13.5 Å². The maximum absolute atomic E-state index is 13.7. The van der Waals surface area contributed by atoms with Crippen molar-refractivity contribution in [1.29, 1.82) is 0 Å². The maximum Gasteiger partial charge on any atom is 0.387 e. The molecule has 49 heavy (non-hydrogen) atoms. The van der Waals surface area contributed by atoms with Gasteiger partial charge in [0.05, 0.1) is 32.5 Å². The Morgan fingerprint density at radius 1 is 1.08 bits per heavy atom. The fourth-order valence-electron chi connectivity index (χ4n) is 5.11. The number of carbonyl (C=O) groups is 1. The van der Waals surface area contributed by atoms with Crippen molar-refractivity contribution in [2.45, 2.75) is 36.9 Å². The molecule has 0 bridgehead atoms. The number of methoxy groups -OCH3 is 1. The lowest BCUT2D eigenvalue weighted by molar-refractivity contribution is -0.605. The first kappa shape index (κ1) is 36.8. The van der Waals surface area contributed by atoms with Crippen LogP contribution in [-0.2, 0) is 25.9 Å². The number of ether oxygens (including phenoxy) is 5. The molecule has 1 saturated heterocycles. The number of halogens is 4. The third-order valence-electron chi connectivity index (χ3n) is 7.94. The minimum Gasteiger partial charge on any atom is -0.619 e. The highest BCUT2D eigenvalue weighted by Crippen LogP contribution is 2.38. The quantitative estimate of drug-likeness (QED) is 0.124. The second-order valence-electron chi connectivity index (χ2n) is 11.4. The summed E-state index contributed by atoms with van der Waals surface area (Å²) < 4.78 is 83.1. The molecule has 5 rings (SSSR count). The molecule has 1 saturated carbocycles. The van der Waals surface area contributed by atoms with Crippen LogP contribution in [0.15, 0.2) is 53.7 Å². The number of esters is 1. The molecule has 0 unspecified atom stereocenters. The van der Waals surface area contributed by atoms with Crippen LogP contribution < -0.4 is 23.7 Å². The smallest absolute Gasteiger partial charge is 0.387 e. The van der Waals surface area contributed by atoms with E-state index in [2.05, 4.69) is 14.4 Å². The predicted octanol–water partition coefficient (Wildman–Crippen LogP) is 4.78. The normalized spacial score (nSPS) is 16.0. The van der Waals surface area contributed by atoms with Crippen molar-refractivity contribution in [2.75, 3.05) is 53.1 Å². The van der Waals surface area contributed by atoms with Gasteiger partial charge in [0, 0.05) is 38.2 Å². The molecule has 266 valence electrons. The summed E-state index contributed by atoms with van der Waals surface area (Å²) in [6.07, 6.45) is 2.74. The van der Waals surface area contributed by atoms with Crippen LogP contribution in [0.25, 0.3) is 0 Å². The van der Waals surface area contributed by atoms with Crippen LogP contribution in [0.5, 0.6) is 17.2 Å². The lowest BCUT2D eigenvalue weighted by atomic mass is 10.0. The number of nitrogens with zero attached hydrogens (tertiary/aromatic N) is 2. The molecule has 1 N–H and O–H groups in total. The fraction of sp³-hybridized carbons (Fsp3) is 0.438. The van der Waals surface area contributed by atoms with Crippen LogP contribution in [-0.4, -0.2) is 79.0 Å². The molecule has 0 spiro atoms. The fourth-order valence-corrected chi connectivity index (χ4v) is 6.93. The van der Waals surface area contributed by atoms with Crippen molar-refractivity contribution in [2.24, 2.45) is 5.92 Å². The molecule has 0 radical (unpaired) electrons. The van der Waals surface area contributed by atoms with Gasteiger partial charge in [-0.15, -0.1) is 0 Å². The minimum atomic E-state index is -4.13. The van der Waals surface area contributed by atoms with E-state index in [4.69, 9.17) is 42.1 Å². The van der Waals surface area contributed by atoms with Crippen molar-refractivity contribution >= 4 is 39.2 Å². The summed E-state index contributed by atoms with van der Waals surface area (Å²) in [4.78, 5) is 15.5. The molecule has 2 aromatic carbocycles. The van der Waals surface area contributed by atoms with Crippen LogP contribution in [0, 0.1) is 11.1 Å². The van der Waals surface area contributed by atoms with Crippen molar-refractivity contribution in [1.82, 2.24) is 9.62 Å². The average molecular weight is 747 g/mol. The van der Waals surface area contributed by atoms with E-state index in [-0.39, 0.29) is 68.8 Å². The Morgan fingerprint density at radius 2 is 1.78 bits per heavy atom. The third-order valence-corrected chi connectivity index (χ3v) is 10.1. The Kier molecular flexibility index (Phi) is 12.4. The van der Waals surface area contributed by atoms with Crippen molar-refractivity contribution in [3.63, 3.8) is 0 Å². The van der Waals surface area contributed by atoms with Gasteiger partial charge in [0.25, 0.3) is 0 Å². The highest BCUT2D eigenvalue weighted by molar-refractivity contribution is 7.89. The number of rotatable bonds is 16. The van der Waals surface area contributed by atoms with E-state index < -0.39 is 28.7 Å². The van der Waals surface area contributed by atoms with Gasteiger partial charge in [-0.05, 0) is 54.7 Å². The molecule has 2 heterocycles. The molecule has 12 nitrogen and oxygen atoms in total. The number of pyridine rings is 1. The zero-order chi connectivity index (χ0) is 35.1. The molecule has 1 aromatic heterocycles. The lowest BCUT2D eigenvalue weighted by Gasteiger charge is -2.26. The van der Waals surface area contributed by atoms with Gasteiger partial charge in [-0.25, -0.2) is 17.9 Å². The van der Waals surface area contributed by atoms with Crippen LogP contribution >= 0.6 is 23.2 Å². The van der Waals surface area contributed by atoms with E-state index in [9.17, 15) is 27.2 Å². The van der Waals surface area contributed by atoms with E-state index in [1.807, 2.05) is 0 Å². The number of hydrogen-bond donors (Lipinski definition) is 1. The van der Waals surface area contributed by atoms with Gasteiger partial charge >= 0.3 is 12.6 Å². The van der Waals surface area contributed by atoms with E-state index in [0.717, 1.165) is 31.3 Å². The molecular weight excluding hydrogens is 711 g/mol. The number of aromatic nitrogens is 1. The van der Waals surface area contributed by atoms with Crippen LogP contribution in [0.3, 0.4) is 0 Å². The van der Waals surface area contributed by atoms with E-state index in [1.165, 1.54) is 37.4 Å². The first-order valence-corrected chi connectivity index (χ1v) is 17.6. The summed E-state index contributed by atoms with van der Waals surface area (Å²) in [5, 5.41) is 11.9. The second kappa shape index (κ2) is 16.5. The molecule has 1 aliphatic carbocycles. The largest absolute Gasteiger partial charge is 0.619 e. The summed E-state index contributed by atoms with van der Waals surface area (Å²) in [5.74, 6) is -0.833. The maximum atomic E-state index is 13.7. The third kappa shape index (κ3) is 10.0. The topological polar surface area (TPSA) is 140 Å². The Morgan fingerprint density at radius 3 is 2.43 bits per heavy atom. The first-order valence-electron chi connectivity index (χ1n) is 15.4. The van der Waals surface area contributed by atoms with Gasteiger partial charge in [-0.1, -0.05) is 29.3 Å². The van der Waals surface area contributed by atoms with E-state index >= 15 is 0 Å². The number of alkyl halides is 2. The molecule has 3 aromatic rings. The number of benzene rings is 2. The van der Waals surface area contributed by atoms with Gasteiger partial charge in [0.15, 0.2) is 23.9 Å². The van der Waals surface area contributed by atoms with Crippen LogP contribution in [0.4, 0.5) is 8.78 Å². The molecule has 1 aliphatic heterocycles. The number of hydrogen-bond acceptors (Lipinski definition) is 10. The highest BCUT2D eigenvalue weighted by atomic mass is 35.5. The molecule has 17 heteroatoms. The van der Waals surface area contributed by atoms with Gasteiger partial charge in [0.1, 0.15) is 26.8 Å². The Hall–Kier alpha value is -3.47. The Balaban J connectivity index is 1.43. The summed E-state index contributed by atoms with van der Waals surface area (Å²) in [6, 6.07) is 7.92. The highest BCUT2D eigenvalue weighted by Gasteiger charge is 2.28. The Labute approximate surface area is 292 Å². The zero-order valence-electron chi connectivity index (χ0n) is 26.4. The van der Waals surface area contributed by atoms with E-state index in [0.29, 0.717) is 43.1 Å². The van der Waals surface area contributed by atoms with Crippen molar-refractivity contribution < 1.29 is 50.4 Å². The number of nitrogens with one attached hydrogen (secondary N) is 1. The molecule has 2 fully saturated rings. The predicted molar refractivity (Wildman–Crippen MR) is 174 cm³/mol. The zero-order valence-corrected chi connectivity index (χ0v) is 28.7.